The maximum Gasteiger partial charge on any atom is 0.0467 e. The van der Waals surface area contributed by atoms with Crippen molar-refractivity contribution >= 4 is 6.21 Å². The minimum Gasteiger partial charge on any atom is -0.306 e. The summed E-state index contributed by atoms with van der Waals surface area (Å²) in [5, 5.41) is 6.64. The molecule has 2 rings (SSSR count). The maximum atomic E-state index is 4.46. The number of hydrazone groups is 1. The van der Waals surface area contributed by atoms with Crippen molar-refractivity contribution in [2.75, 3.05) is 27.2 Å². The van der Waals surface area contributed by atoms with Crippen LogP contribution >= 0.6 is 0 Å². The van der Waals surface area contributed by atoms with E-state index >= 15 is 0 Å². The molecule has 3 heteroatoms. The normalized spacial score (nSPS) is 30.1. The number of nitrogens with zero attached hydrogens (tertiary/aromatic N) is 3. The van der Waals surface area contributed by atoms with Crippen LogP contribution in [0.4, 0.5) is 0 Å². The lowest BCUT2D eigenvalue weighted by molar-refractivity contribution is 0.209. The maximum absolute atomic E-state index is 4.46. The third-order valence-electron chi connectivity index (χ3n) is 4.25. The van der Waals surface area contributed by atoms with Crippen molar-refractivity contribution in [1.82, 2.24) is 9.91 Å². The Morgan fingerprint density at radius 2 is 1.72 bits per heavy atom. The SMILES string of the molecule is CN(C)C1CCC(C=CC=NN2CCCC2)CC1. The van der Waals surface area contributed by atoms with E-state index in [1.165, 1.54) is 38.5 Å². The zero-order valence-electron chi connectivity index (χ0n) is 11.9. The molecule has 1 aliphatic carbocycles. The van der Waals surface area contributed by atoms with Crippen LogP contribution in [0.2, 0.25) is 0 Å². The molecule has 0 amide bonds. The van der Waals surface area contributed by atoms with Crippen molar-refractivity contribution in [2.45, 2.75) is 44.6 Å². The van der Waals surface area contributed by atoms with Gasteiger partial charge in [-0.05, 0) is 64.6 Å². The molecular weight excluding hydrogens is 222 g/mol. The third-order valence-corrected chi connectivity index (χ3v) is 4.25. The molecule has 1 saturated carbocycles. The molecule has 1 saturated heterocycles. The van der Waals surface area contributed by atoms with Crippen LogP contribution in [0.25, 0.3) is 0 Å². The molecule has 0 radical (unpaired) electrons. The zero-order valence-corrected chi connectivity index (χ0v) is 11.9. The second-order valence-electron chi connectivity index (χ2n) is 5.84. The van der Waals surface area contributed by atoms with Gasteiger partial charge in [-0.25, -0.2) is 0 Å². The van der Waals surface area contributed by atoms with E-state index in [1.54, 1.807) is 0 Å². The molecule has 102 valence electrons. The van der Waals surface area contributed by atoms with Gasteiger partial charge in [0.1, 0.15) is 0 Å². The van der Waals surface area contributed by atoms with Gasteiger partial charge in [-0.2, -0.15) is 5.10 Å². The average Bonchev–Trinajstić information content (AvgIpc) is 2.88. The first-order valence-corrected chi connectivity index (χ1v) is 7.38. The molecule has 2 fully saturated rings. The summed E-state index contributed by atoms with van der Waals surface area (Å²) in [4.78, 5) is 2.37. The van der Waals surface area contributed by atoms with Crippen molar-refractivity contribution in [3.05, 3.63) is 12.2 Å². The zero-order chi connectivity index (χ0) is 12.8. The third kappa shape index (κ3) is 4.13. The molecule has 1 heterocycles. The van der Waals surface area contributed by atoms with Gasteiger partial charge in [-0.3, -0.25) is 5.01 Å². The van der Waals surface area contributed by atoms with Gasteiger partial charge < -0.3 is 4.90 Å². The number of hydrogen-bond acceptors (Lipinski definition) is 3. The van der Waals surface area contributed by atoms with Gasteiger partial charge in [0.05, 0.1) is 0 Å². The van der Waals surface area contributed by atoms with Crippen molar-refractivity contribution in [3.8, 4) is 0 Å². The molecule has 2 aliphatic rings. The number of rotatable bonds is 4. The predicted molar refractivity (Wildman–Crippen MR) is 77.9 cm³/mol. The second-order valence-corrected chi connectivity index (χ2v) is 5.84. The van der Waals surface area contributed by atoms with E-state index in [0.717, 1.165) is 25.0 Å². The minimum absolute atomic E-state index is 0.770. The van der Waals surface area contributed by atoms with Crippen LogP contribution in [0.1, 0.15) is 38.5 Å². The molecule has 0 spiro atoms. The molecule has 0 atom stereocenters. The standard InChI is InChI=1S/C15H27N3/c1-17(2)15-9-7-14(8-10-15)6-5-11-16-18-12-3-4-13-18/h5-6,11,14-15H,3-4,7-10,12-13H2,1-2H3. The van der Waals surface area contributed by atoms with E-state index in [2.05, 4.69) is 41.3 Å². The summed E-state index contributed by atoms with van der Waals surface area (Å²) in [6.07, 6.45) is 14.4. The summed E-state index contributed by atoms with van der Waals surface area (Å²) in [6.45, 7) is 2.27. The summed E-state index contributed by atoms with van der Waals surface area (Å²) in [7, 11) is 4.40. The van der Waals surface area contributed by atoms with Crippen LogP contribution in [-0.4, -0.2) is 49.4 Å². The Hall–Kier alpha value is -0.830. The van der Waals surface area contributed by atoms with E-state index in [9.17, 15) is 0 Å². The van der Waals surface area contributed by atoms with Crippen molar-refractivity contribution in [3.63, 3.8) is 0 Å². The van der Waals surface area contributed by atoms with Gasteiger partial charge in [-0.1, -0.05) is 6.08 Å². The Labute approximate surface area is 112 Å². The quantitative estimate of drug-likeness (QED) is 0.713. The van der Waals surface area contributed by atoms with E-state index in [0.29, 0.717) is 0 Å². The molecule has 3 nitrogen and oxygen atoms in total. The van der Waals surface area contributed by atoms with Crippen LogP contribution in [0.5, 0.6) is 0 Å². The summed E-state index contributed by atoms with van der Waals surface area (Å²) >= 11 is 0. The topological polar surface area (TPSA) is 18.8 Å². The molecule has 18 heavy (non-hydrogen) atoms. The Morgan fingerprint density at radius 3 is 2.33 bits per heavy atom. The number of allylic oxidation sites excluding steroid dienone is 2. The lowest BCUT2D eigenvalue weighted by atomic mass is 9.85. The second kappa shape index (κ2) is 6.93. The van der Waals surface area contributed by atoms with Crippen molar-refractivity contribution in [2.24, 2.45) is 11.0 Å². The van der Waals surface area contributed by atoms with Crippen LogP contribution in [0.3, 0.4) is 0 Å². The summed E-state index contributed by atoms with van der Waals surface area (Å²) in [5.41, 5.74) is 0. The first-order valence-electron chi connectivity index (χ1n) is 7.38. The summed E-state index contributed by atoms with van der Waals surface area (Å²) in [5.74, 6) is 0.770. The molecule has 0 bridgehead atoms. The molecule has 1 aliphatic heterocycles. The molecular formula is C15H27N3. The Balaban J connectivity index is 1.67. The average molecular weight is 249 g/mol. The van der Waals surface area contributed by atoms with Gasteiger partial charge >= 0.3 is 0 Å². The molecule has 0 unspecified atom stereocenters. The molecule has 0 aromatic rings. The predicted octanol–water partition coefficient (Wildman–Crippen LogP) is 2.74. The lowest BCUT2D eigenvalue weighted by Gasteiger charge is -2.31. The van der Waals surface area contributed by atoms with Gasteiger partial charge in [0.25, 0.3) is 0 Å². The van der Waals surface area contributed by atoms with Gasteiger partial charge in [-0.15, -0.1) is 0 Å². The fourth-order valence-corrected chi connectivity index (χ4v) is 2.97. The van der Waals surface area contributed by atoms with Crippen LogP contribution in [0.15, 0.2) is 17.3 Å². The smallest absolute Gasteiger partial charge is 0.0467 e. The Morgan fingerprint density at radius 1 is 1.06 bits per heavy atom. The molecule has 0 aromatic carbocycles. The fourth-order valence-electron chi connectivity index (χ4n) is 2.97. The Kier molecular flexibility index (Phi) is 5.24. The monoisotopic (exact) mass is 249 g/mol. The van der Waals surface area contributed by atoms with Crippen molar-refractivity contribution < 1.29 is 0 Å². The highest BCUT2D eigenvalue weighted by molar-refractivity contribution is 5.70. The highest BCUT2D eigenvalue weighted by Gasteiger charge is 2.20. The van der Waals surface area contributed by atoms with Crippen LogP contribution in [0, 0.1) is 5.92 Å². The minimum atomic E-state index is 0.770. The summed E-state index contributed by atoms with van der Waals surface area (Å²) in [6, 6.07) is 0.799. The summed E-state index contributed by atoms with van der Waals surface area (Å²) < 4.78 is 0. The Bertz CT molecular complexity index is 282. The van der Waals surface area contributed by atoms with Crippen LogP contribution in [-0.2, 0) is 0 Å². The van der Waals surface area contributed by atoms with Gasteiger partial charge in [0.2, 0.25) is 0 Å². The van der Waals surface area contributed by atoms with E-state index in [4.69, 9.17) is 0 Å². The van der Waals surface area contributed by atoms with Crippen molar-refractivity contribution in [1.29, 1.82) is 0 Å². The molecule has 0 aromatic heterocycles. The van der Waals surface area contributed by atoms with Gasteiger partial charge in [0, 0.05) is 25.3 Å². The largest absolute Gasteiger partial charge is 0.306 e. The number of hydrogen-bond donors (Lipinski definition) is 0. The highest BCUT2D eigenvalue weighted by atomic mass is 15.5. The molecule has 0 N–H and O–H groups in total. The van der Waals surface area contributed by atoms with E-state index < -0.39 is 0 Å². The lowest BCUT2D eigenvalue weighted by Crippen LogP contribution is -2.31. The highest BCUT2D eigenvalue weighted by Crippen LogP contribution is 2.27. The first kappa shape index (κ1) is 13.6. The van der Waals surface area contributed by atoms with Gasteiger partial charge in [0.15, 0.2) is 0 Å². The van der Waals surface area contributed by atoms with E-state index in [1.807, 2.05) is 6.21 Å². The van der Waals surface area contributed by atoms with Crippen LogP contribution < -0.4 is 0 Å². The fraction of sp³-hybridized carbons (Fsp3) is 0.800. The van der Waals surface area contributed by atoms with E-state index in [-0.39, 0.29) is 0 Å². The first-order chi connectivity index (χ1) is 8.75.